The Bertz CT molecular complexity index is 1500. The summed E-state index contributed by atoms with van der Waals surface area (Å²) in [5, 5.41) is 0. The molecule has 6 aromatic rings. The van der Waals surface area contributed by atoms with Crippen LogP contribution in [0.25, 0.3) is 34.9 Å². The third-order valence-corrected chi connectivity index (χ3v) is 5.92. The molecule has 0 aromatic carbocycles. The third-order valence-electron chi connectivity index (χ3n) is 5.92. The molecule has 0 bridgehead atoms. The van der Waals surface area contributed by atoms with E-state index >= 15 is 0 Å². The molecule has 0 saturated carbocycles. The smallest absolute Gasteiger partial charge is 0.176 e. The Hall–Kier alpha value is -4.54. The molecule has 6 rings (SSSR count). The largest absolute Gasteiger partial charge is 0.331 e. The van der Waals surface area contributed by atoms with Crippen LogP contribution in [0.4, 0.5) is 0 Å². The van der Waals surface area contributed by atoms with Gasteiger partial charge in [0, 0.05) is 142 Å². The normalized spacial score (nSPS) is 10.1. The molecule has 12 nitrogen and oxygen atoms in total. The quantitative estimate of drug-likeness (QED) is 0.255. The summed E-state index contributed by atoms with van der Waals surface area (Å²) in [5.74, 6) is 7.90. The van der Waals surface area contributed by atoms with Gasteiger partial charge in [-0.1, -0.05) is 0 Å². The van der Waals surface area contributed by atoms with Gasteiger partial charge in [-0.3, -0.25) is 0 Å². The fraction of sp³-hybridized carbons (Fsp3) is 0.259. The average molecular weight is 715 g/mol. The van der Waals surface area contributed by atoms with E-state index in [-0.39, 0.29) is 19.8 Å². The summed E-state index contributed by atoms with van der Waals surface area (Å²) in [6, 6.07) is 0. The van der Waals surface area contributed by atoms with Gasteiger partial charge in [0.05, 0.1) is 0 Å². The molecular formula is C27H32N12Os. The number of hydrogen-bond acceptors (Lipinski definition) is 6. The number of imidazole rings is 6. The molecule has 0 fully saturated rings. The molecule has 13 heteroatoms. The Morgan fingerprint density at radius 1 is 0.500 bits per heavy atom. The van der Waals surface area contributed by atoms with Gasteiger partial charge < -0.3 is 27.4 Å². The molecule has 0 N–H and O–H groups in total. The van der Waals surface area contributed by atoms with Gasteiger partial charge in [-0.15, -0.1) is 12.3 Å². The van der Waals surface area contributed by atoms with Gasteiger partial charge in [-0.25, -0.2) is 29.9 Å². The zero-order chi connectivity index (χ0) is 27.8. The number of aryl methyl sites for hydroxylation is 6. The first kappa shape index (κ1) is 30.0. The van der Waals surface area contributed by atoms with Gasteiger partial charge in [-0.2, -0.15) is 0 Å². The number of nitrogens with zero attached hydrogens (tertiary/aromatic N) is 12. The fourth-order valence-corrected chi connectivity index (χ4v) is 3.79. The van der Waals surface area contributed by atoms with Gasteiger partial charge in [0.2, 0.25) is 0 Å². The molecule has 0 aliphatic rings. The van der Waals surface area contributed by atoms with Crippen molar-refractivity contribution in [2.45, 2.75) is 13.0 Å². The Morgan fingerprint density at radius 3 is 1.05 bits per heavy atom. The second kappa shape index (κ2) is 14.0. The maximum Gasteiger partial charge on any atom is 0.176 e. The molecule has 6 heterocycles. The SMILES string of the molecule is C#CCCn1ccnc1-c1nccn1C.Cn1ccnc1-c1nccn1C.Cn1ccnc1-c1nccn1C.[Os]. The Morgan fingerprint density at radius 2 is 0.775 bits per heavy atom. The first-order valence-corrected chi connectivity index (χ1v) is 12.2. The Labute approximate surface area is 246 Å². The summed E-state index contributed by atoms with van der Waals surface area (Å²) < 4.78 is 11.7. The number of hydrogen-bond donors (Lipinski definition) is 0. The van der Waals surface area contributed by atoms with E-state index in [1.165, 1.54) is 0 Å². The second-order valence-electron chi connectivity index (χ2n) is 8.71. The van der Waals surface area contributed by atoms with Crippen LogP contribution in [0.3, 0.4) is 0 Å². The van der Waals surface area contributed by atoms with E-state index < -0.39 is 0 Å². The fourth-order valence-electron chi connectivity index (χ4n) is 3.79. The molecule has 40 heavy (non-hydrogen) atoms. The van der Waals surface area contributed by atoms with E-state index in [2.05, 4.69) is 35.8 Å². The van der Waals surface area contributed by atoms with Crippen molar-refractivity contribution in [3.05, 3.63) is 74.4 Å². The number of rotatable bonds is 5. The van der Waals surface area contributed by atoms with Crippen molar-refractivity contribution in [1.29, 1.82) is 0 Å². The predicted octanol–water partition coefficient (Wildman–Crippen LogP) is 2.95. The first-order valence-electron chi connectivity index (χ1n) is 12.2. The molecule has 0 saturated heterocycles. The molecule has 0 atom stereocenters. The minimum Gasteiger partial charge on any atom is -0.331 e. The van der Waals surface area contributed by atoms with Crippen LogP contribution in [-0.2, 0) is 61.6 Å². The summed E-state index contributed by atoms with van der Waals surface area (Å²) in [5.41, 5.74) is 0. The zero-order valence-corrected chi connectivity index (χ0v) is 25.7. The molecule has 0 unspecified atom stereocenters. The topological polar surface area (TPSA) is 107 Å². The molecule has 208 valence electrons. The van der Waals surface area contributed by atoms with Crippen molar-refractivity contribution >= 4 is 0 Å². The van der Waals surface area contributed by atoms with E-state index in [9.17, 15) is 0 Å². The van der Waals surface area contributed by atoms with E-state index in [1.807, 2.05) is 99.8 Å². The maximum absolute atomic E-state index is 5.24. The van der Waals surface area contributed by atoms with Crippen molar-refractivity contribution in [2.75, 3.05) is 0 Å². The van der Waals surface area contributed by atoms with Crippen LogP contribution in [0.5, 0.6) is 0 Å². The van der Waals surface area contributed by atoms with Crippen LogP contribution >= 0.6 is 0 Å². The third kappa shape index (κ3) is 6.90. The summed E-state index contributed by atoms with van der Waals surface area (Å²) in [6.07, 6.45) is 28.0. The van der Waals surface area contributed by atoms with Crippen LogP contribution in [0.2, 0.25) is 0 Å². The van der Waals surface area contributed by atoms with Crippen molar-refractivity contribution in [3.8, 4) is 47.3 Å². The van der Waals surface area contributed by atoms with Crippen molar-refractivity contribution in [2.24, 2.45) is 35.2 Å². The molecule has 0 aliphatic heterocycles. The van der Waals surface area contributed by atoms with Gasteiger partial charge in [0.25, 0.3) is 0 Å². The van der Waals surface area contributed by atoms with Crippen LogP contribution in [-0.4, -0.2) is 57.3 Å². The van der Waals surface area contributed by atoms with E-state index in [0.717, 1.165) is 41.5 Å². The minimum atomic E-state index is 0. The predicted molar refractivity (Wildman–Crippen MR) is 149 cm³/mol. The molecule has 6 aromatic heterocycles. The van der Waals surface area contributed by atoms with Gasteiger partial charge in [-0.05, 0) is 0 Å². The summed E-state index contributed by atoms with van der Waals surface area (Å²) >= 11 is 0. The van der Waals surface area contributed by atoms with Crippen LogP contribution in [0.15, 0.2) is 74.4 Å². The molecule has 0 amide bonds. The molecule has 0 radical (unpaired) electrons. The van der Waals surface area contributed by atoms with Crippen molar-refractivity contribution < 1.29 is 19.8 Å². The van der Waals surface area contributed by atoms with Gasteiger partial charge in [0.15, 0.2) is 34.9 Å². The second-order valence-corrected chi connectivity index (χ2v) is 8.71. The van der Waals surface area contributed by atoms with Crippen molar-refractivity contribution in [3.63, 3.8) is 0 Å². The van der Waals surface area contributed by atoms with E-state index in [4.69, 9.17) is 6.42 Å². The first-order chi connectivity index (χ1) is 18.9. The summed E-state index contributed by atoms with van der Waals surface area (Å²) in [4.78, 5) is 25.3. The van der Waals surface area contributed by atoms with Gasteiger partial charge >= 0.3 is 0 Å². The standard InChI is InChI=1S/C11H12N4.2C8H10N4.Os/c1-3-4-7-15-9-6-13-11(15)10-12-5-8-14(10)2;2*1-11-5-3-9-7(11)8-10-4-6-12(8)2;/h1,5-6,8-9H,4,7H2,2H3;2*3-6H,1-2H3;. The maximum atomic E-state index is 5.24. The monoisotopic (exact) mass is 716 g/mol. The van der Waals surface area contributed by atoms with Crippen LogP contribution in [0.1, 0.15) is 6.42 Å². The molecule has 0 spiro atoms. The van der Waals surface area contributed by atoms with E-state index in [1.54, 1.807) is 37.2 Å². The summed E-state index contributed by atoms with van der Waals surface area (Å²) in [7, 11) is 9.77. The summed E-state index contributed by atoms with van der Waals surface area (Å²) in [6.45, 7) is 0.776. The molecule has 0 aliphatic carbocycles. The van der Waals surface area contributed by atoms with Crippen molar-refractivity contribution in [1.82, 2.24) is 57.3 Å². The minimum absolute atomic E-state index is 0. The average Bonchev–Trinajstić information content (AvgIpc) is 3.75. The van der Waals surface area contributed by atoms with E-state index in [0.29, 0.717) is 6.42 Å². The zero-order valence-electron chi connectivity index (χ0n) is 23.1. The Kier molecular flexibility index (Phi) is 10.5. The number of aromatic nitrogens is 12. The van der Waals surface area contributed by atoms with Crippen LogP contribution in [0, 0.1) is 12.3 Å². The molecular weight excluding hydrogens is 683 g/mol. The number of terminal acetylenes is 1. The Balaban J connectivity index is 0.000000165. The van der Waals surface area contributed by atoms with Gasteiger partial charge in [0.1, 0.15) is 0 Å². The van der Waals surface area contributed by atoms with Crippen LogP contribution < -0.4 is 0 Å².